The van der Waals surface area contributed by atoms with Crippen molar-refractivity contribution in [3.8, 4) is 5.75 Å². The van der Waals surface area contributed by atoms with Gasteiger partial charge in [0.2, 0.25) is 5.16 Å². The second-order valence-electron chi connectivity index (χ2n) is 4.12. The number of phenols is 1. The number of fused-ring (bicyclic) bond motifs is 1. The highest BCUT2D eigenvalue weighted by Gasteiger charge is 2.11. The third kappa shape index (κ3) is 2.37. The maximum atomic E-state index is 10.7. The molecule has 3 rings (SSSR count). The normalized spacial score (nSPS) is 11.5. The molecule has 0 spiro atoms. The minimum Gasteiger partial charge on any atom is -0.507 e. The lowest BCUT2D eigenvalue weighted by atomic mass is 10.2. The van der Waals surface area contributed by atoms with Crippen molar-refractivity contribution >= 4 is 29.4 Å². The summed E-state index contributed by atoms with van der Waals surface area (Å²) < 4.78 is 2.86. The van der Waals surface area contributed by atoms with Crippen LogP contribution in [0.2, 0.25) is 0 Å². The topological polar surface area (TPSA) is 124 Å². The molecule has 1 aromatic carbocycles. The fourth-order valence-corrected chi connectivity index (χ4v) is 2.17. The number of thioether (sulfide) groups is 1. The Morgan fingerprint density at radius 3 is 3.00 bits per heavy atom. The zero-order chi connectivity index (χ0) is 15.7. The number of aromatic hydroxyl groups is 1. The van der Waals surface area contributed by atoms with Gasteiger partial charge in [-0.1, -0.05) is 11.8 Å². The summed E-state index contributed by atoms with van der Waals surface area (Å²) in [5.74, 6) is 0.280. The zero-order valence-electron chi connectivity index (χ0n) is 11.2. The Hall–Kier alpha value is -2.95. The lowest BCUT2D eigenvalue weighted by Crippen LogP contribution is -1.93. The molecular weight excluding hydrogens is 310 g/mol. The van der Waals surface area contributed by atoms with Gasteiger partial charge in [-0.25, -0.2) is 0 Å². The van der Waals surface area contributed by atoms with Gasteiger partial charge in [0.1, 0.15) is 12.1 Å². The minimum absolute atomic E-state index is 0.114. The van der Waals surface area contributed by atoms with Crippen LogP contribution in [0.5, 0.6) is 5.75 Å². The molecule has 0 aliphatic heterocycles. The highest BCUT2D eigenvalue weighted by molar-refractivity contribution is 7.98. The molecule has 0 aliphatic rings. The van der Waals surface area contributed by atoms with Crippen LogP contribution in [0.1, 0.15) is 5.56 Å². The summed E-state index contributed by atoms with van der Waals surface area (Å²) in [7, 11) is 0. The van der Waals surface area contributed by atoms with E-state index < -0.39 is 4.92 Å². The number of nitrogens with zero attached hydrogens (tertiary/aromatic N) is 7. The number of nitro benzene ring substituents is 1. The summed E-state index contributed by atoms with van der Waals surface area (Å²) in [4.78, 5) is 10.2. The average molecular weight is 319 g/mol. The number of phenolic OH excluding ortho intramolecular Hbond substituents is 1. The van der Waals surface area contributed by atoms with Gasteiger partial charge in [0, 0.05) is 17.7 Å². The first-order valence-electron chi connectivity index (χ1n) is 5.94. The predicted molar refractivity (Wildman–Crippen MR) is 78.3 cm³/mol. The fourth-order valence-electron chi connectivity index (χ4n) is 1.75. The lowest BCUT2D eigenvalue weighted by molar-refractivity contribution is -0.384. The third-order valence-electron chi connectivity index (χ3n) is 2.80. The maximum absolute atomic E-state index is 10.7. The molecule has 22 heavy (non-hydrogen) atoms. The largest absolute Gasteiger partial charge is 0.507 e. The van der Waals surface area contributed by atoms with Crippen LogP contribution in [0, 0.1) is 10.1 Å². The van der Waals surface area contributed by atoms with Gasteiger partial charge in [-0.15, -0.1) is 10.2 Å². The van der Waals surface area contributed by atoms with Crippen LogP contribution in [0.4, 0.5) is 5.69 Å². The third-order valence-corrected chi connectivity index (χ3v) is 3.42. The van der Waals surface area contributed by atoms with Gasteiger partial charge >= 0.3 is 0 Å². The van der Waals surface area contributed by atoms with Crippen LogP contribution in [-0.2, 0) is 0 Å². The standard InChI is InChI=1S/C11H9N7O3S/c1-22-11-15-14-10-16(6-13-17(10)11)12-5-7-4-8(18(20)21)2-3-9(7)19/h2-6,19H,1H3/b12-5-. The summed E-state index contributed by atoms with van der Waals surface area (Å²) in [6.07, 6.45) is 4.56. The van der Waals surface area contributed by atoms with Crippen LogP contribution < -0.4 is 0 Å². The smallest absolute Gasteiger partial charge is 0.275 e. The summed E-state index contributed by atoms with van der Waals surface area (Å²) in [6, 6.07) is 3.68. The Morgan fingerprint density at radius 2 is 2.27 bits per heavy atom. The molecule has 0 unspecified atom stereocenters. The van der Waals surface area contributed by atoms with E-state index in [0.29, 0.717) is 10.9 Å². The first-order chi connectivity index (χ1) is 10.6. The Balaban J connectivity index is 1.97. The second-order valence-corrected chi connectivity index (χ2v) is 4.89. The number of non-ortho nitro benzene ring substituents is 1. The molecule has 11 heteroatoms. The monoisotopic (exact) mass is 319 g/mol. The predicted octanol–water partition coefficient (Wildman–Crippen LogP) is 1.14. The SMILES string of the molecule is CSc1nnc2n(/N=C\c3cc([N+](=O)[O-])ccc3O)cnn12. The van der Waals surface area contributed by atoms with Gasteiger partial charge in [0.25, 0.3) is 11.5 Å². The molecular formula is C11H9N7O3S. The summed E-state index contributed by atoms with van der Waals surface area (Å²) >= 11 is 1.39. The Kier molecular flexibility index (Phi) is 3.47. The first-order valence-corrected chi connectivity index (χ1v) is 7.17. The van der Waals surface area contributed by atoms with Crippen molar-refractivity contribution in [1.82, 2.24) is 24.5 Å². The molecule has 0 saturated carbocycles. The van der Waals surface area contributed by atoms with E-state index in [2.05, 4.69) is 20.4 Å². The first kappa shape index (κ1) is 14.0. The van der Waals surface area contributed by atoms with E-state index in [1.54, 1.807) is 0 Å². The molecule has 0 atom stereocenters. The highest BCUT2D eigenvalue weighted by Crippen LogP contribution is 2.21. The second kappa shape index (κ2) is 5.44. The quantitative estimate of drug-likeness (QED) is 0.331. The number of hydrogen-bond donors (Lipinski definition) is 1. The van der Waals surface area contributed by atoms with Gasteiger partial charge in [0.15, 0.2) is 0 Å². The molecule has 0 saturated heterocycles. The van der Waals surface area contributed by atoms with Crippen molar-refractivity contribution in [3.63, 3.8) is 0 Å². The van der Waals surface area contributed by atoms with Crippen molar-refractivity contribution in [2.45, 2.75) is 5.16 Å². The zero-order valence-corrected chi connectivity index (χ0v) is 12.0. The van der Waals surface area contributed by atoms with Crippen LogP contribution in [0.3, 0.4) is 0 Å². The van der Waals surface area contributed by atoms with E-state index in [0.717, 1.165) is 0 Å². The van der Waals surface area contributed by atoms with E-state index in [1.165, 1.54) is 51.7 Å². The molecule has 0 radical (unpaired) electrons. The number of aromatic nitrogens is 5. The van der Waals surface area contributed by atoms with Crippen LogP contribution in [-0.4, -0.2) is 47.0 Å². The molecule has 0 amide bonds. The van der Waals surface area contributed by atoms with E-state index in [-0.39, 0.29) is 17.0 Å². The van der Waals surface area contributed by atoms with Gasteiger partial charge in [-0.05, 0) is 12.3 Å². The van der Waals surface area contributed by atoms with Gasteiger partial charge in [-0.3, -0.25) is 10.1 Å². The maximum Gasteiger partial charge on any atom is 0.275 e. The van der Waals surface area contributed by atoms with Crippen molar-refractivity contribution in [3.05, 3.63) is 40.2 Å². The molecule has 0 bridgehead atoms. The summed E-state index contributed by atoms with van der Waals surface area (Å²) in [5, 5.41) is 37.1. The number of nitro groups is 1. The Bertz CT molecular complexity index is 885. The molecule has 2 aromatic heterocycles. The summed E-state index contributed by atoms with van der Waals surface area (Å²) in [6.45, 7) is 0. The van der Waals surface area contributed by atoms with E-state index in [4.69, 9.17) is 0 Å². The van der Waals surface area contributed by atoms with Crippen LogP contribution in [0.25, 0.3) is 5.78 Å². The van der Waals surface area contributed by atoms with Gasteiger partial charge in [0.05, 0.1) is 11.1 Å². The molecule has 10 nitrogen and oxygen atoms in total. The molecule has 0 aliphatic carbocycles. The molecule has 112 valence electrons. The fraction of sp³-hybridized carbons (Fsp3) is 0.0909. The number of hydrogen-bond acceptors (Lipinski definition) is 8. The number of rotatable bonds is 4. The van der Waals surface area contributed by atoms with Crippen molar-refractivity contribution < 1.29 is 10.0 Å². The summed E-state index contributed by atoms with van der Waals surface area (Å²) in [5.41, 5.74) is 0.0767. The molecule has 3 aromatic rings. The minimum atomic E-state index is -0.546. The Morgan fingerprint density at radius 1 is 1.45 bits per heavy atom. The van der Waals surface area contributed by atoms with Gasteiger partial charge in [-0.2, -0.15) is 19.4 Å². The highest BCUT2D eigenvalue weighted by atomic mass is 32.2. The van der Waals surface area contributed by atoms with E-state index in [9.17, 15) is 15.2 Å². The van der Waals surface area contributed by atoms with Crippen LogP contribution >= 0.6 is 11.8 Å². The Labute approximate surface area is 127 Å². The lowest BCUT2D eigenvalue weighted by Gasteiger charge is -1.98. The average Bonchev–Trinajstić information content (AvgIpc) is 3.08. The van der Waals surface area contributed by atoms with Crippen molar-refractivity contribution in [2.75, 3.05) is 6.26 Å². The molecule has 1 N–H and O–H groups in total. The van der Waals surface area contributed by atoms with Crippen molar-refractivity contribution in [1.29, 1.82) is 0 Å². The molecule has 2 heterocycles. The van der Waals surface area contributed by atoms with Crippen LogP contribution in [0.15, 0.2) is 34.8 Å². The van der Waals surface area contributed by atoms with Gasteiger partial charge < -0.3 is 5.11 Å². The van der Waals surface area contributed by atoms with E-state index in [1.807, 2.05) is 6.26 Å². The van der Waals surface area contributed by atoms with Crippen molar-refractivity contribution in [2.24, 2.45) is 5.10 Å². The molecule has 0 fully saturated rings. The van der Waals surface area contributed by atoms with E-state index >= 15 is 0 Å². The number of benzene rings is 1.